The molecular weight excluding hydrogens is 428 g/mol. The van der Waals surface area contributed by atoms with Gasteiger partial charge in [-0.3, -0.25) is 5.43 Å². The predicted molar refractivity (Wildman–Crippen MR) is 137 cm³/mol. The first-order chi connectivity index (χ1) is 16.6. The van der Waals surface area contributed by atoms with E-state index < -0.39 is 0 Å². The quantitative estimate of drug-likeness (QED) is 0.323. The molecule has 1 aromatic heterocycles. The van der Waals surface area contributed by atoms with Crippen LogP contribution < -0.4 is 19.6 Å². The number of anilines is 1. The van der Waals surface area contributed by atoms with Crippen molar-refractivity contribution in [3.05, 3.63) is 71.8 Å². The van der Waals surface area contributed by atoms with Crippen LogP contribution in [0.1, 0.15) is 11.1 Å². The SMILES string of the molecule is COc1cc2c(cc1OC)-c1[nH]c3ccc(OCCN(C)C)cc3c1C2=NNc1ccccc1. The number of nitrogens with zero attached hydrogens (tertiary/aromatic N) is 2. The van der Waals surface area contributed by atoms with Gasteiger partial charge in [0.1, 0.15) is 18.1 Å². The molecule has 0 bridgehead atoms. The van der Waals surface area contributed by atoms with Crippen molar-refractivity contribution >= 4 is 22.3 Å². The Morgan fingerprint density at radius 1 is 0.912 bits per heavy atom. The largest absolute Gasteiger partial charge is 0.493 e. The molecule has 0 atom stereocenters. The monoisotopic (exact) mass is 456 g/mol. The molecule has 2 N–H and O–H groups in total. The summed E-state index contributed by atoms with van der Waals surface area (Å²) in [6, 6.07) is 20.0. The average Bonchev–Trinajstić information content (AvgIpc) is 3.36. The van der Waals surface area contributed by atoms with Crippen LogP contribution in [-0.4, -0.2) is 57.1 Å². The summed E-state index contributed by atoms with van der Waals surface area (Å²) >= 11 is 0. The first-order valence-electron chi connectivity index (χ1n) is 11.2. The lowest BCUT2D eigenvalue weighted by molar-refractivity contribution is 0.261. The first kappa shape index (κ1) is 21.9. The van der Waals surface area contributed by atoms with Crippen LogP contribution in [0.2, 0.25) is 0 Å². The fourth-order valence-corrected chi connectivity index (χ4v) is 4.22. The Morgan fingerprint density at radius 3 is 2.35 bits per heavy atom. The summed E-state index contributed by atoms with van der Waals surface area (Å²) in [5, 5.41) is 5.90. The van der Waals surface area contributed by atoms with Gasteiger partial charge in [-0.25, -0.2) is 0 Å². The third kappa shape index (κ3) is 3.95. The molecule has 34 heavy (non-hydrogen) atoms. The van der Waals surface area contributed by atoms with Crippen molar-refractivity contribution in [2.75, 3.05) is 46.9 Å². The van der Waals surface area contributed by atoms with Crippen molar-refractivity contribution in [1.29, 1.82) is 0 Å². The molecule has 7 heteroatoms. The summed E-state index contributed by atoms with van der Waals surface area (Å²) in [7, 11) is 7.36. The molecule has 174 valence electrons. The summed E-state index contributed by atoms with van der Waals surface area (Å²) < 4.78 is 17.2. The highest BCUT2D eigenvalue weighted by Crippen LogP contribution is 2.45. The summed E-state index contributed by atoms with van der Waals surface area (Å²) in [6.45, 7) is 1.47. The van der Waals surface area contributed by atoms with E-state index in [0.29, 0.717) is 18.1 Å². The Labute approximate surface area is 199 Å². The third-order valence-corrected chi connectivity index (χ3v) is 5.93. The molecule has 0 amide bonds. The van der Waals surface area contributed by atoms with Crippen LogP contribution >= 0.6 is 0 Å². The van der Waals surface area contributed by atoms with E-state index in [2.05, 4.69) is 27.4 Å². The average molecular weight is 457 g/mol. The zero-order valence-electron chi connectivity index (χ0n) is 19.8. The number of hydrazone groups is 1. The molecule has 1 aliphatic carbocycles. The molecule has 1 aliphatic rings. The number of fused-ring (bicyclic) bond motifs is 5. The van der Waals surface area contributed by atoms with E-state index in [9.17, 15) is 0 Å². The van der Waals surface area contributed by atoms with Crippen LogP contribution in [0, 0.1) is 0 Å². The number of rotatable bonds is 8. The Balaban J connectivity index is 1.64. The maximum atomic E-state index is 6.02. The van der Waals surface area contributed by atoms with E-state index in [1.807, 2.05) is 62.6 Å². The molecule has 0 spiro atoms. The van der Waals surface area contributed by atoms with Gasteiger partial charge in [-0.1, -0.05) is 18.2 Å². The second kappa shape index (κ2) is 9.11. The van der Waals surface area contributed by atoms with Gasteiger partial charge < -0.3 is 24.1 Å². The van der Waals surface area contributed by atoms with Crippen LogP contribution in [0.25, 0.3) is 22.2 Å². The Kier molecular flexibility index (Phi) is 5.86. The van der Waals surface area contributed by atoms with Crippen molar-refractivity contribution in [2.45, 2.75) is 0 Å². The minimum atomic E-state index is 0.621. The van der Waals surface area contributed by atoms with Gasteiger partial charge in [0.25, 0.3) is 0 Å². The molecule has 4 aromatic rings. The molecule has 1 heterocycles. The van der Waals surface area contributed by atoms with Gasteiger partial charge in [-0.05, 0) is 56.6 Å². The minimum Gasteiger partial charge on any atom is -0.493 e. The topological polar surface area (TPSA) is 71.1 Å². The van der Waals surface area contributed by atoms with E-state index >= 15 is 0 Å². The van der Waals surface area contributed by atoms with E-state index in [1.165, 1.54) is 0 Å². The number of likely N-dealkylation sites (N-methyl/N-ethyl adjacent to an activating group) is 1. The number of methoxy groups -OCH3 is 2. The lowest BCUT2D eigenvalue weighted by atomic mass is 10.1. The minimum absolute atomic E-state index is 0.621. The highest BCUT2D eigenvalue weighted by atomic mass is 16.5. The number of H-pyrrole nitrogens is 1. The number of para-hydroxylation sites is 1. The molecule has 0 unspecified atom stereocenters. The van der Waals surface area contributed by atoms with Crippen molar-refractivity contribution in [2.24, 2.45) is 5.10 Å². The Bertz CT molecular complexity index is 1360. The van der Waals surface area contributed by atoms with Crippen molar-refractivity contribution in [3.8, 4) is 28.5 Å². The van der Waals surface area contributed by atoms with Gasteiger partial charge in [0.2, 0.25) is 0 Å². The second-order valence-electron chi connectivity index (χ2n) is 8.43. The molecule has 7 nitrogen and oxygen atoms in total. The highest BCUT2D eigenvalue weighted by molar-refractivity contribution is 6.30. The maximum absolute atomic E-state index is 6.02. The zero-order chi connectivity index (χ0) is 23.7. The van der Waals surface area contributed by atoms with Crippen LogP contribution in [-0.2, 0) is 0 Å². The molecule has 0 aliphatic heterocycles. The fraction of sp³-hybridized carbons (Fsp3) is 0.222. The van der Waals surface area contributed by atoms with E-state index in [1.54, 1.807) is 14.2 Å². The Morgan fingerprint density at radius 2 is 1.65 bits per heavy atom. The lowest BCUT2D eigenvalue weighted by Crippen LogP contribution is -2.19. The molecule has 0 saturated heterocycles. The predicted octanol–water partition coefficient (Wildman–Crippen LogP) is 4.97. The number of aromatic nitrogens is 1. The van der Waals surface area contributed by atoms with Gasteiger partial charge in [0.15, 0.2) is 11.5 Å². The maximum Gasteiger partial charge on any atom is 0.161 e. The van der Waals surface area contributed by atoms with Crippen LogP contribution in [0.4, 0.5) is 5.69 Å². The number of hydrogen-bond donors (Lipinski definition) is 2. The van der Waals surface area contributed by atoms with E-state index in [-0.39, 0.29) is 0 Å². The summed E-state index contributed by atoms with van der Waals surface area (Å²) in [6.07, 6.45) is 0. The van der Waals surface area contributed by atoms with Crippen LogP contribution in [0.3, 0.4) is 0 Å². The first-order valence-corrected chi connectivity index (χ1v) is 11.2. The third-order valence-electron chi connectivity index (χ3n) is 5.93. The second-order valence-corrected chi connectivity index (χ2v) is 8.43. The number of aromatic amines is 1. The molecule has 5 rings (SSSR count). The van der Waals surface area contributed by atoms with Gasteiger partial charge >= 0.3 is 0 Å². The standard InChI is InChI=1S/C27H28N4O3/c1-31(2)12-13-34-18-10-11-22-21(14-18)25-26(28-22)19-15-23(32-3)24(33-4)16-20(19)27(25)30-29-17-8-6-5-7-9-17/h5-11,14-16,28-29H,12-13H2,1-4H3. The number of benzene rings is 3. The number of hydrogen-bond acceptors (Lipinski definition) is 6. The van der Waals surface area contributed by atoms with Gasteiger partial charge in [0.05, 0.1) is 25.6 Å². The summed E-state index contributed by atoms with van der Waals surface area (Å²) in [4.78, 5) is 5.68. The summed E-state index contributed by atoms with van der Waals surface area (Å²) in [5.41, 5.74) is 10.0. The van der Waals surface area contributed by atoms with Gasteiger partial charge in [0, 0.05) is 34.1 Å². The number of ether oxygens (including phenoxy) is 3. The lowest BCUT2D eigenvalue weighted by Gasteiger charge is -2.12. The molecule has 0 radical (unpaired) electrons. The fourth-order valence-electron chi connectivity index (χ4n) is 4.22. The normalized spacial score (nSPS) is 13.3. The van der Waals surface area contributed by atoms with E-state index in [0.717, 1.165) is 57.0 Å². The van der Waals surface area contributed by atoms with Gasteiger partial charge in [-0.15, -0.1) is 0 Å². The van der Waals surface area contributed by atoms with E-state index in [4.69, 9.17) is 19.3 Å². The molecular formula is C27H28N4O3. The molecule has 0 saturated carbocycles. The van der Waals surface area contributed by atoms with Crippen LogP contribution in [0.5, 0.6) is 17.2 Å². The number of nitrogens with one attached hydrogen (secondary N) is 2. The van der Waals surface area contributed by atoms with Crippen molar-refractivity contribution in [3.63, 3.8) is 0 Å². The Hall–Kier alpha value is -3.97. The smallest absolute Gasteiger partial charge is 0.161 e. The van der Waals surface area contributed by atoms with Crippen LogP contribution in [0.15, 0.2) is 65.8 Å². The zero-order valence-corrected chi connectivity index (χ0v) is 19.8. The van der Waals surface area contributed by atoms with Crippen molar-refractivity contribution < 1.29 is 14.2 Å². The molecule has 3 aromatic carbocycles. The summed E-state index contributed by atoms with van der Waals surface area (Å²) in [5.74, 6) is 2.17. The highest BCUT2D eigenvalue weighted by Gasteiger charge is 2.31. The van der Waals surface area contributed by atoms with Crippen molar-refractivity contribution in [1.82, 2.24) is 9.88 Å². The van der Waals surface area contributed by atoms with Gasteiger partial charge in [-0.2, -0.15) is 5.10 Å². The molecule has 0 fully saturated rings.